The number of aliphatic carboxylic acids is 1. The Morgan fingerprint density at radius 1 is 1.50 bits per heavy atom. The van der Waals surface area contributed by atoms with E-state index in [1.165, 1.54) is 0 Å². The van der Waals surface area contributed by atoms with E-state index in [1.54, 1.807) is 0 Å². The number of aryl methyl sites for hydroxylation is 1. The highest BCUT2D eigenvalue weighted by Gasteiger charge is 2.55. The van der Waals surface area contributed by atoms with Gasteiger partial charge >= 0.3 is 5.97 Å². The molecule has 3 heteroatoms. The number of H-pyrrole nitrogens is 1. The second kappa shape index (κ2) is 2.41. The zero-order chi connectivity index (χ0) is 9.76. The molecular weight excluding hydrogens is 178 g/mol. The van der Waals surface area contributed by atoms with Crippen LogP contribution in [0.15, 0.2) is 12.3 Å². The number of carboxylic acid groups (broad SMARTS) is 1. The summed E-state index contributed by atoms with van der Waals surface area (Å²) in [4.78, 5) is 14.4. The molecule has 0 radical (unpaired) electrons. The van der Waals surface area contributed by atoms with E-state index in [4.69, 9.17) is 0 Å². The Bertz CT molecular complexity index is 390. The van der Waals surface area contributed by atoms with Crippen LogP contribution in [0.25, 0.3) is 0 Å². The van der Waals surface area contributed by atoms with Crippen molar-refractivity contribution in [3.05, 3.63) is 23.5 Å². The maximum absolute atomic E-state index is 11.3. The first-order valence-electron chi connectivity index (χ1n) is 5.12. The Kier molecular flexibility index (Phi) is 1.39. The van der Waals surface area contributed by atoms with Crippen molar-refractivity contribution in [1.29, 1.82) is 0 Å². The molecular formula is C11H13NO2. The van der Waals surface area contributed by atoms with E-state index in [0.717, 1.165) is 36.9 Å². The van der Waals surface area contributed by atoms with Crippen molar-refractivity contribution in [2.45, 2.75) is 31.6 Å². The number of nitrogens with one attached hydrogen (secondary N) is 1. The van der Waals surface area contributed by atoms with Gasteiger partial charge < -0.3 is 10.1 Å². The second-order valence-corrected chi connectivity index (χ2v) is 4.55. The molecule has 0 amide bonds. The van der Waals surface area contributed by atoms with Crippen LogP contribution in [0.4, 0.5) is 0 Å². The summed E-state index contributed by atoms with van der Waals surface area (Å²) in [6.45, 7) is 0. The van der Waals surface area contributed by atoms with Crippen molar-refractivity contribution in [1.82, 2.24) is 4.98 Å². The first-order valence-corrected chi connectivity index (χ1v) is 5.12. The normalized spacial score (nSPS) is 27.3. The van der Waals surface area contributed by atoms with Gasteiger partial charge in [0.1, 0.15) is 0 Å². The van der Waals surface area contributed by atoms with Crippen LogP contribution in [0.1, 0.15) is 36.4 Å². The number of rotatable bonds is 1. The van der Waals surface area contributed by atoms with Crippen molar-refractivity contribution in [2.24, 2.45) is 5.41 Å². The fourth-order valence-corrected chi connectivity index (χ4v) is 2.85. The van der Waals surface area contributed by atoms with Crippen LogP contribution in [0, 0.1) is 5.41 Å². The third kappa shape index (κ3) is 0.897. The lowest BCUT2D eigenvalue weighted by atomic mass is 9.75. The Hall–Kier alpha value is -1.25. The molecule has 3 rings (SSSR count). The number of hydrogen-bond donors (Lipinski definition) is 2. The maximum atomic E-state index is 11.3. The number of fused-ring (bicyclic) bond motifs is 1. The minimum Gasteiger partial charge on any atom is -0.481 e. The Labute approximate surface area is 82.1 Å². The number of carbonyl (C=O) groups is 1. The third-order valence-corrected chi connectivity index (χ3v) is 3.80. The first kappa shape index (κ1) is 8.09. The summed E-state index contributed by atoms with van der Waals surface area (Å²) in [7, 11) is 0. The zero-order valence-corrected chi connectivity index (χ0v) is 7.92. The van der Waals surface area contributed by atoms with Gasteiger partial charge in [0.2, 0.25) is 0 Å². The van der Waals surface area contributed by atoms with Gasteiger partial charge in [0, 0.05) is 11.9 Å². The number of hydrogen-bond acceptors (Lipinski definition) is 1. The van der Waals surface area contributed by atoms with Crippen LogP contribution in [0.3, 0.4) is 0 Å². The highest BCUT2D eigenvalue weighted by Crippen LogP contribution is 2.61. The largest absolute Gasteiger partial charge is 0.481 e. The fraction of sp³-hybridized carbons (Fsp3) is 0.545. The van der Waals surface area contributed by atoms with Gasteiger partial charge in [-0.3, -0.25) is 4.79 Å². The van der Waals surface area contributed by atoms with Crippen LogP contribution < -0.4 is 0 Å². The minimum atomic E-state index is -0.650. The van der Waals surface area contributed by atoms with E-state index in [0.29, 0.717) is 0 Å². The highest BCUT2D eigenvalue weighted by molar-refractivity contribution is 5.79. The number of aromatic amines is 1. The lowest BCUT2D eigenvalue weighted by Crippen LogP contribution is -2.27. The molecule has 1 saturated carbocycles. The number of aromatic nitrogens is 1. The van der Waals surface area contributed by atoms with Gasteiger partial charge in [0.25, 0.3) is 0 Å². The molecule has 0 aromatic carbocycles. The lowest BCUT2D eigenvalue weighted by molar-refractivity contribution is -0.141. The summed E-state index contributed by atoms with van der Waals surface area (Å²) in [5, 5.41) is 9.27. The molecule has 1 fully saturated rings. The Morgan fingerprint density at radius 3 is 2.93 bits per heavy atom. The average molecular weight is 191 g/mol. The van der Waals surface area contributed by atoms with Crippen LogP contribution in [-0.2, 0) is 11.2 Å². The molecule has 1 spiro atoms. The summed E-state index contributed by atoms with van der Waals surface area (Å²) in [6, 6.07) is 1.94. The van der Waals surface area contributed by atoms with Crippen LogP contribution >= 0.6 is 0 Å². The van der Waals surface area contributed by atoms with E-state index in [2.05, 4.69) is 4.98 Å². The van der Waals surface area contributed by atoms with Crippen LogP contribution in [0.2, 0.25) is 0 Å². The standard InChI is InChI=1S/C11H13NO2/c13-10(14)9-7-2-6-12-8(7)1-3-11(9)4-5-11/h2,6,9,12H,1,3-5H2,(H,13,14). The molecule has 14 heavy (non-hydrogen) atoms. The monoisotopic (exact) mass is 191 g/mol. The van der Waals surface area contributed by atoms with Crippen molar-refractivity contribution in [3.63, 3.8) is 0 Å². The first-order chi connectivity index (χ1) is 6.73. The Balaban J connectivity index is 2.10. The van der Waals surface area contributed by atoms with Crippen LogP contribution in [-0.4, -0.2) is 16.1 Å². The van der Waals surface area contributed by atoms with Crippen LogP contribution in [0.5, 0.6) is 0 Å². The quantitative estimate of drug-likeness (QED) is 0.712. The summed E-state index contributed by atoms with van der Waals surface area (Å²) in [6.07, 6.45) is 6.11. The van der Waals surface area contributed by atoms with E-state index in [-0.39, 0.29) is 11.3 Å². The van der Waals surface area contributed by atoms with Gasteiger partial charge in [-0.25, -0.2) is 0 Å². The lowest BCUT2D eigenvalue weighted by Gasteiger charge is -2.28. The van der Waals surface area contributed by atoms with Crippen molar-refractivity contribution < 1.29 is 9.90 Å². The molecule has 1 heterocycles. The summed E-state index contributed by atoms with van der Waals surface area (Å²) < 4.78 is 0. The molecule has 3 nitrogen and oxygen atoms in total. The minimum absolute atomic E-state index is 0.112. The summed E-state index contributed by atoms with van der Waals surface area (Å²) in [5.74, 6) is -0.902. The molecule has 2 aliphatic carbocycles. The molecule has 1 aromatic heterocycles. The zero-order valence-electron chi connectivity index (χ0n) is 7.92. The molecule has 1 unspecified atom stereocenters. The fourth-order valence-electron chi connectivity index (χ4n) is 2.85. The molecule has 2 N–H and O–H groups in total. The van der Waals surface area contributed by atoms with Gasteiger partial charge in [-0.05, 0) is 42.7 Å². The van der Waals surface area contributed by atoms with Crippen molar-refractivity contribution in [2.75, 3.05) is 0 Å². The topological polar surface area (TPSA) is 53.1 Å². The Morgan fingerprint density at radius 2 is 2.29 bits per heavy atom. The van der Waals surface area contributed by atoms with E-state index in [1.807, 2.05) is 12.3 Å². The molecule has 74 valence electrons. The maximum Gasteiger partial charge on any atom is 0.311 e. The van der Waals surface area contributed by atoms with Gasteiger partial charge in [-0.1, -0.05) is 0 Å². The highest BCUT2D eigenvalue weighted by atomic mass is 16.4. The van der Waals surface area contributed by atoms with Gasteiger partial charge in [-0.15, -0.1) is 0 Å². The van der Waals surface area contributed by atoms with Crippen molar-refractivity contribution in [3.8, 4) is 0 Å². The van der Waals surface area contributed by atoms with E-state index in [9.17, 15) is 9.90 Å². The summed E-state index contributed by atoms with van der Waals surface area (Å²) in [5.41, 5.74) is 2.28. The predicted molar refractivity (Wildman–Crippen MR) is 51.2 cm³/mol. The molecule has 0 aliphatic heterocycles. The molecule has 0 bridgehead atoms. The van der Waals surface area contributed by atoms with Crippen molar-refractivity contribution >= 4 is 5.97 Å². The SMILES string of the molecule is O=C(O)C1c2cc[nH]c2CCC12CC2. The van der Waals surface area contributed by atoms with Gasteiger partial charge in [0.15, 0.2) is 0 Å². The smallest absolute Gasteiger partial charge is 0.311 e. The average Bonchev–Trinajstić information content (AvgIpc) is 2.75. The second-order valence-electron chi connectivity index (χ2n) is 4.55. The number of carboxylic acids is 1. The molecule has 1 atom stereocenters. The third-order valence-electron chi connectivity index (χ3n) is 3.80. The van der Waals surface area contributed by atoms with Gasteiger partial charge in [0.05, 0.1) is 5.92 Å². The molecule has 2 aliphatic rings. The predicted octanol–water partition coefficient (Wildman–Crippen LogP) is 1.91. The molecule has 0 saturated heterocycles. The van der Waals surface area contributed by atoms with E-state index >= 15 is 0 Å². The summed E-state index contributed by atoms with van der Waals surface area (Å²) >= 11 is 0. The van der Waals surface area contributed by atoms with E-state index < -0.39 is 5.97 Å². The van der Waals surface area contributed by atoms with Gasteiger partial charge in [-0.2, -0.15) is 0 Å². The molecule has 1 aromatic rings.